The SMILES string of the molecule is CN1CCN(CC(C(=O)C(CN2CCN(C)CC2)N2CCC(c3ccc(N)cc3)CC2)N2CCC(c3ccc(N)cc3)CC2)CC1. The average Bonchev–Trinajstić information content (AvgIpc) is 3.08. The zero-order chi connectivity index (χ0) is 32.0. The molecule has 46 heavy (non-hydrogen) atoms. The summed E-state index contributed by atoms with van der Waals surface area (Å²) in [4.78, 5) is 30.2. The minimum absolute atomic E-state index is 0.0666. The standard InChI is InChI=1S/C37H58N8O/c1-40-19-23-42(24-20-40)27-35(44-15-11-31(12-16-44)29-3-7-33(38)8-4-29)37(46)36(28-43-25-21-41(2)22-26-43)45-17-13-32(14-18-45)30-5-9-34(39)10-6-30/h3-10,31-32,35-36H,11-28,38-39H2,1-2H3. The molecular formula is C37H58N8O. The van der Waals surface area contributed by atoms with Crippen molar-refractivity contribution in [3.8, 4) is 0 Å². The number of nitrogen functional groups attached to an aromatic ring is 2. The van der Waals surface area contributed by atoms with Gasteiger partial charge in [-0.1, -0.05) is 24.3 Å². The third kappa shape index (κ3) is 8.48. The van der Waals surface area contributed by atoms with Gasteiger partial charge in [-0.3, -0.25) is 24.4 Å². The summed E-state index contributed by atoms with van der Waals surface area (Å²) in [7, 11) is 4.42. The summed E-state index contributed by atoms with van der Waals surface area (Å²) in [5, 5.41) is 0. The molecule has 9 nitrogen and oxygen atoms in total. The highest BCUT2D eigenvalue weighted by atomic mass is 16.1. The first-order chi connectivity index (χ1) is 22.3. The van der Waals surface area contributed by atoms with Gasteiger partial charge in [0.2, 0.25) is 0 Å². The molecule has 2 atom stereocenters. The van der Waals surface area contributed by atoms with Crippen LogP contribution in [-0.4, -0.2) is 153 Å². The highest BCUT2D eigenvalue weighted by molar-refractivity contribution is 5.89. The highest BCUT2D eigenvalue weighted by Gasteiger charge is 2.40. The lowest BCUT2D eigenvalue weighted by Crippen LogP contribution is -2.61. The molecule has 4 N–H and O–H groups in total. The van der Waals surface area contributed by atoms with Gasteiger partial charge in [-0.2, -0.15) is 0 Å². The highest BCUT2D eigenvalue weighted by Crippen LogP contribution is 2.32. The van der Waals surface area contributed by atoms with E-state index in [0.29, 0.717) is 17.6 Å². The molecule has 0 aromatic heterocycles. The number of hydrogen-bond acceptors (Lipinski definition) is 9. The maximum atomic E-state index is 15.1. The van der Waals surface area contributed by atoms with E-state index in [1.165, 1.54) is 11.1 Å². The molecule has 4 heterocycles. The van der Waals surface area contributed by atoms with E-state index in [2.05, 4.69) is 67.8 Å². The lowest BCUT2D eigenvalue weighted by atomic mass is 9.86. The quantitative estimate of drug-likeness (QED) is 0.385. The Morgan fingerprint density at radius 3 is 1.22 bits per heavy atom. The van der Waals surface area contributed by atoms with Gasteiger partial charge in [-0.15, -0.1) is 0 Å². The number of benzene rings is 2. The molecule has 0 radical (unpaired) electrons. The van der Waals surface area contributed by atoms with E-state index >= 15 is 4.79 Å². The van der Waals surface area contributed by atoms with Gasteiger partial charge in [0.15, 0.2) is 5.78 Å². The molecule has 2 aromatic carbocycles. The van der Waals surface area contributed by atoms with Crippen molar-refractivity contribution < 1.29 is 4.79 Å². The fourth-order valence-electron chi connectivity index (χ4n) is 8.17. The third-order valence-corrected chi connectivity index (χ3v) is 11.5. The predicted octanol–water partition coefficient (Wildman–Crippen LogP) is 2.71. The number of likely N-dealkylation sites (tertiary alicyclic amines) is 2. The molecule has 4 saturated heterocycles. The van der Waals surface area contributed by atoms with Crippen molar-refractivity contribution in [3.63, 3.8) is 0 Å². The van der Waals surface area contributed by atoms with Crippen LogP contribution in [0.2, 0.25) is 0 Å². The van der Waals surface area contributed by atoms with E-state index in [9.17, 15) is 0 Å². The summed E-state index contributed by atoms with van der Waals surface area (Å²) in [6.07, 6.45) is 4.36. The summed E-state index contributed by atoms with van der Waals surface area (Å²) < 4.78 is 0. The molecule has 4 aliphatic heterocycles. The second kappa shape index (κ2) is 15.6. The number of piperazine rings is 2. The Labute approximate surface area is 277 Å². The van der Waals surface area contributed by atoms with Crippen molar-refractivity contribution in [1.29, 1.82) is 0 Å². The number of rotatable bonds is 10. The van der Waals surface area contributed by atoms with Crippen LogP contribution in [0.4, 0.5) is 11.4 Å². The van der Waals surface area contributed by atoms with Gasteiger partial charge in [-0.05, 0) is 113 Å². The van der Waals surface area contributed by atoms with E-state index in [4.69, 9.17) is 11.5 Å². The van der Waals surface area contributed by atoms with Crippen LogP contribution in [0.3, 0.4) is 0 Å². The summed E-state index contributed by atoms with van der Waals surface area (Å²) in [5.74, 6) is 1.52. The zero-order valence-electron chi connectivity index (χ0n) is 28.4. The molecule has 0 aliphatic carbocycles. The maximum Gasteiger partial charge on any atom is 0.169 e. The minimum Gasteiger partial charge on any atom is -0.399 e. The van der Waals surface area contributed by atoms with Gasteiger partial charge in [0.25, 0.3) is 0 Å². The van der Waals surface area contributed by atoms with Crippen LogP contribution < -0.4 is 11.5 Å². The van der Waals surface area contributed by atoms with Crippen molar-refractivity contribution in [1.82, 2.24) is 29.4 Å². The lowest BCUT2D eigenvalue weighted by molar-refractivity contribution is -0.132. The Morgan fingerprint density at radius 1 is 0.565 bits per heavy atom. The van der Waals surface area contributed by atoms with Gasteiger partial charge < -0.3 is 21.3 Å². The molecule has 0 saturated carbocycles. The van der Waals surface area contributed by atoms with Crippen molar-refractivity contribution >= 4 is 17.2 Å². The number of nitrogens with two attached hydrogens (primary N) is 2. The first-order valence-electron chi connectivity index (χ1n) is 17.9. The Balaban J connectivity index is 1.19. The summed E-state index contributed by atoms with van der Waals surface area (Å²) in [6, 6.07) is 16.8. The number of anilines is 2. The molecule has 6 rings (SSSR count). The first-order valence-corrected chi connectivity index (χ1v) is 17.9. The fraction of sp³-hybridized carbons (Fsp3) is 0.649. The van der Waals surface area contributed by atoms with E-state index in [-0.39, 0.29) is 12.1 Å². The Bertz CT molecular complexity index is 1130. The van der Waals surface area contributed by atoms with Gasteiger partial charge >= 0.3 is 0 Å². The van der Waals surface area contributed by atoms with E-state index in [1.807, 2.05) is 24.3 Å². The van der Waals surface area contributed by atoms with Crippen LogP contribution in [0, 0.1) is 0 Å². The molecule has 0 bridgehead atoms. The molecule has 4 aliphatic rings. The van der Waals surface area contributed by atoms with Crippen LogP contribution in [-0.2, 0) is 4.79 Å². The molecular weight excluding hydrogens is 572 g/mol. The largest absolute Gasteiger partial charge is 0.399 e. The Hall–Kier alpha value is -2.53. The van der Waals surface area contributed by atoms with Crippen molar-refractivity contribution in [2.75, 3.05) is 117 Å². The number of nitrogens with zero attached hydrogens (tertiary/aromatic N) is 6. The smallest absolute Gasteiger partial charge is 0.169 e. The number of carbonyl (C=O) groups is 1. The number of hydrogen-bond donors (Lipinski definition) is 2. The van der Waals surface area contributed by atoms with Crippen molar-refractivity contribution in [2.45, 2.75) is 49.6 Å². The number of piperidine rings is 2. The van der Waals surface area contributed by atoms with E-state index in [0.717, 1.165) is 129 Å². The van der Waals surface area contributed by atoms with Crippen LogP contribution in [0.25, 0.3) is 0 Å². The molecule has 0 amide bonds. The number of carbonyl (C=O) groups excluding carboxylic acids is 1. The normalized spacial score (nSPS) is 24.2. The maximum absolute atomic E-state index is 15.1. The predicted molar refractivity (Wildman–Crippen MR) is 189 cm³/mol. The fourth-order valence-corrected chi connectivity index (χ4v) is 8.17. The Morgan fingerprint density at radius 2 is 0.891 bits per heavy atom. The number of ketones is 1. The van der Waals surface area contributed by atoms with E-state index in [1.54, 1.807) is 0 Å². The topological polar surface area (TPSA) is 88.6 Å². The van der Waals surface area contributed by atoms with Gasteiger partial charge in [0, 0.05) is 76.8 Å². The average molecular weight is 631 g/mol. The summed E-state index contributed by atoms with van der Waals surface area (Å²) >= 11 is 0. The van der Waals surface area contributed by atoms with Crippen molar-refractivity contribution in [2.24, 2.45) is 0 Å². The van der Waals surface area contributed by atoms with Gasteiger partial charge in [0.05, 0.1) is 12.1 Å². The third-order valence-electron chi connectivity index (χ3n) is 11.5. The number of Topliss-reactive ketones (excluding diaryl/α,β-unsaturated/α-hetero) is 1. The second-order valence-electron chi connectivity index (χ2n) is 14.6. The monoisotopic (exact) mass is 630 g/mol. The molecule has 0 spiro atoms. The first kappa shape index (κ1) is 33.4. The van der Waals surface area contributed by atoms with Gasteiger partial charge in [-0.25, -0.2) is 0 Å². The molecule has 9 heteroatoms. The summed E-state index contributed by atoms with van der Waals surface area (Å²) in [6.45, 7) is 14.0. The van der Waals surface area contributed by atoms with Crippen LogP contribution >= 0.6 is 0 Å². The van der Waals surface area contributed by atoms with E-state index < -0.39 is 0 Å². The molecule has 2 aromatic rings. The molecule has 4 fully saturated rings. The Kier molecular flexibility index (Phi) is 11.3. The molecule has 2 unspecified atom stereocenters. The van der Waals surface area contributed by atoms with Crippen molar-refractivity contribution in [3.05, 3.63) is 59.7 Å². The van der Waals surface area contributed by atoms with Crippen LogP contribution in [0.1, 0.15) is 48.6 Å². The van der Waals surface area contributed by atoms with Gasteiger partial charge in [0.1, 0.15) is 0 Å². The van der Waals surface area contributed by atoms with Crippen LogP contribution in [0.5, 0.6) is 0 Å². The number of likely N-dealkylation sites (N-methyl/N-ethyl adjacent to an activating group) is 2. The molecule has 252 valence electrons. The second-order valence-corrected chi connectivity index (χ2v) is 14.6. The zero-order valence-corrected chi connectivity index (χ0v) is 28.4. The lowest BCUT2D eigenvalue weighted by Gasteiger charge is -2.45. The van der Waals surface area contributed by atoms with Crippen LogP contribution in [0.15, 0.2) is 48.5 Å². The minimum atomic E-state index is -0.0666. The summed E-state index contributed by atoms with van der Waals surface area (Å²) in [5.41, 5.74) is 16.4.